The monoisotopic (exact) mass is 326 g/mol. The molecule has 2 N–H and O–H groups in total. The van der Waals surface area contributed by atoms with Gasteiger partial charge in [0.1, 0.15) is 0 Å². The lowest BCUT2D eigenvalue weighted by Gasteiger charge is -2.25. The topological polar surface area (TPSA) is 46.3 Å². The summed E-state index contributed by atoms with van der Waals surface area (Å²) in [6, 6.07) is 3.68. The second kappa shape index (κ2) is 6.94. The van der Waals surface area contributed by atoms with Gasteiger partial charge in [-0.1, -0.05) is 36.2 Å². The summed E-state index contributed by atoms with van der Waals surface area (Å²) in [6.45, 7) is 9.72. The highest BCUT2D eigenvalue weighted by Gasteiger charge is 2.19. The number of anilines is 1. The Morgan fingerprint density at radius 2 is 2.05 bits per heavy atom. The smallest absolute Gasteiger partial charge is 0.254 e. The van der Waals surface area contributed by atoms with Crippen molar-refractivity contribution < 1.29 is 4.79 Å². The Hall–Kier alpha value is -1.03. The van der Waals surface area contributed by atoms with Crippen LogP contribution in [0.5, 0.6) is 0 Å². The standard InChI is InChI=1S/C15H23BrN2O/c1-5-10(3)9-18(6-2)15(19)13-7-12(16)8-14(17)11(13)4/h7-8,10H,5-6,9,17H2,1-4H3. The van der Waals surface area contributed by atoms with Gasteiger partial charge in [0.2, 0.25) is 0 Å². The van der Waals surface area contributed by atoms with E-state index in [-0.39, 0.29) is 5.91 Å². The molecule has 3 nitrogen and oxygen atoms in total. The second-order valence-corrected chi connectivity index (χ2v) is 5.94. The predicted octanol–water partition coefficient (Wildman–Crippen LogP) is 3.85. The van der Waals surface area contributed by atoms with Crippen molar-refractivity contribution in [2.24, 2.45) is 5.92 Å². The van der Waals surface area contributed by atoms with Gasteiger partial charge >= 0.3 is 0 Å². The molecule has 1 amide bonds. The molecule has 0 aromatic heterocycles. The summed E-state index contributed by atoms with van der Waals surface area (Å²) in [4.78, 5) is 14.5. The summed E-state index contributed by atoms with van der Waals surface area (Å²) in [5, 5.41) is 0. The summed E-state index contributed by atoms with van der Waals surface area (Å²) in [6.07, 6.45) is 1.07. The molecule has 0 saturated carbocycles. The molecule has 0 fully saturated rings. The van der Waals surface area contributed by atoms with E-state index < -0.39 is 0 Å². The van der Waals surface area contributed by atoms with E-state index in [0.29, 0.717) is 17.2 Å². The third-order valence-electron chi connectivity index (χ3n) is 3.54. The van der Waals surface area contributed by atoms with Gasteiger partial charge in [0.25, 0.3) is 5.91 Å². The van der Waals surface area contributed by atoms with Crippen molar-refractivity contribution in [1.82, 2.24) is 4.90 Å². The molecule has 1 aromatic carbocycles. The highest BCUT2D eigenvalue weighted by molar-refractivity contribution is 9.10. The number of carbonyl (C=O) groups is 1. The average molecular weight is 327 g/mol. The minimum Gasteiger partial charge on any atom is -0.398 e. The van der Waals surface area contributed by atoms with E-state index in [4.69, 9.17) is 5.73 Å². The third kappa shape index (κ3) is 3.96. The van der Waals surface area contributed by atoms with Crippen LogP contribution in [-0.4, -0.2) is 23.9 Å². The van der Waals surface area contributed by atoms with E-state index in [2.05, 4.69) is 29.8 Å². The number of hydrogen-bond donors (Lipinski definition) is 1. The van der Waals surface area contributed by atoms with Crippen molar-refractivity contribution in [2.45, 2.75) is 34.1 Å². The number of nitrogens with two attached hydrogens (primary N) is 1. The van der Waals surface area contributed by atoms with Gasteiger partial charge in [-0.15, -0.1) is 0 Å². The zero-order valence-electron chi connectivity index (χ0n) is 12.2. The molecule has 0 aliphatic rings. The lowest BCUT2D eigenvalue weighted by Crippen LogP contribution is -2.35. The van der Waals surface area contributed by atoms with Crippen molar-refractivity contribution in [3.05, 3.63) is 27.7 Å². The van der Waals surface area contributed by atoms with E-state index >= 15 is 0 Å². The molecule has 1 unspecified atom stereocenters. The highest BCUT2D eigenvalue weighted by Crippen LogP contribution is 2.24. The number of benzene rings is 1. The van der Waals surface area contributed by atoms with Crippen LogP contribution >= 0.6 is 15.9 Å². The van der Waals surface area contributed by atoms with E-state index in [1.54, 1.807) is 0 Å². The van der Waals surface area contributed by atoms with Crippen LogP contribution in [0.15, 0.2) is 16.6 Å². The van der Waals surface area contributed by atoms with Crippen LogP contribution in [-0.2, 0) is 0 Å². The molecule has 4 heteroatoms. The van der Waals surface area contributed by atoms with Crippen LogP contribution in [0.2, 0.25) is 0 Å². The van der Waals surface area contributed by atoms with Crippen LogP contribution in [0.1, 0.15) is 43.1 Å². The molecule has 0 bridgehead atoms. The largest absolute Gasteiger partial charge is 0.398 e. The van der Waals surface area contributed by atoms with Gasteiger partial charge in [0, 0.05) is 28.8 Å². The van der Waals surface area contributed by atoms with Crippen molar-refractivity contribution in [2.75, 3.05) is 18.8 Å². The number of hydrogen-bond acceptors (Lipinski definition) is 2. The first kappa shape index (κ1) is 16.0. The van der Waals surface area contributed by atoms with E-state index in [9.17, 15) is 4.79 Å². The lowest BCUT2D eigenvalue weighted by molar-refractivity contribution is 0.0740. The van der Waals surface area contributed by atoms with Crippen LogP contribution in [0, 0.1) is 12.8 Å². The molecule has 1 aromatic rings. The fourth-order valence-electron chi connectivity index (χ4n) is 1.95. The van der Waals surface area contributed by atoms with Crippen molar-refractivity contribution in [1.29, 1.82) is 0 Å². The molecule has 0 aliphatic heterocycles. The molecule has 0 saturated heterocycles. The normalized spacial score (nSPS) is 12.3. The first-order valence-corrected chi connectivity index (χ1v) is 7.54. The average Bonchev–Trinajstić information content (AvgIpc) is 2.38. The van der Waals surface area contributed by atoms with E-state index in [1.165, 1.54) is 0 Å². The molecule has 19 heavy (non-hydrogen) atoms. The lowest BCUT2D eigenvalue weighted by atomic mass is 10.0. The SMILES string of the molecule is CCC(C)CN(CC)C(=O)c1cc(Br)cc(N)c1C. The Kier molecular flexibility index (Phi) is 5.85. The van der Waals surface area contributed by atoms with Crippen LogP contribution in [0.4, 0.5) is 5.69 Å². The van der Waals surface area contributed by atoms with Gasteiger partial charge in [0.05, 0.1) is 0 Å². The predicted molar refractivity (Wildman–Crippen MR) is 84.3 cm³/mol. The summed E-state index contributed by atoms with van der Waals surface area (Å²) < 4.78 is 0.846. The maximum Gasteiger partial charge on any atom is 0.254 e. The molecule has 106 valence electrons. The van der Waals surface area contributed by atoms with Crippen molar-refractivity contribution >= 4 is 27.5 Å². The first-order valence-electron chi connectivity index (χ1n) is 6.75. The van der Waals surface area contributed by atoms with Crippen molar-refractivity contribution in [3.8, 4) is 0 Å². The number of nitrogens with zero attached hydrogens (tertiary/aromatic N) is 1. The summed E-state index contributed by atoms with van der Waals surface area (Å²) in [7, 11) is 0. The van der Waals surface area contributed by atoms with Crippen LogP contribution in [0.25, 0.3) is 0 Å². The number of rotatable bonds is 5. The van der Waals surface area contributed by atoms with Gasteiger partial charge in [-0.25, -0.2) is 0 Å². The Labute approximate surface area is 124 Å². The van der Waals surface area contributed by atoms with Gasteiger partial charge in [-0.05, 0) is 37.5 Å². The van der Waals surface area contributed by atoms with Crippen LogP contribution < -0.4 is 5.73 Å². The molecule has 0 heterocycles. The molecule has 0 radical (unpaired) electrons. The zero-order valence-corrected chi connectivity index (χ0v) is 13.8. The quantitative estimate of drug-likeness (QED) is 0.835. The minimum atomic E-state index is 0.0632. The number of carbonyl (C=O) groups excluding carboxylic acids is 1. The maximum atomic E-state index is 12.6. The minimum absolute atomic E-state index is 0.0632. The molecular formula is C15H23BrN2O. The van der Waals surface area contributed by atoms with E-state index in [1.807, 2.05) is 30.9 Å². The Morgan fingerprint density at radius 1 is 1.42 bits per heavy atom. The summed E-state index contributed by atoms with van der Waals surface area (Å²) >= 11 is 3.40. The van der Waals surface area contributed by atoms with Crippen molar-refractivity contribution in [3.63, 3.8) is 0 Å². The van der Waals surface area contributed by atoms with Gasteiger partial charge in [0.15, 0.2) is 0 Å². The highest BCUT2D eigenvalue weighted by atomic mass is 79.9. The van der Waals surface area contributed by atoms with Crippen LogP contribution in [0.3, 0.4) is 0 Å². The van der Waals surface area contributed by atoms with Gasteiger partial charge in [-0.3, -0.25) is 4.79 Å². The Morgan fingerprint density at radius 3 is 2.58 bits per heavy atom. The number of halogens is 1. The number of amides is 1. The fourth-order valence-corrected chi connectivity index (χ4v) is 2.43. The molecule has 1 rings (SSSR count). The van der Waals surface area contributed by atoms with E-state index in [0.717, 1.165) is 29.5 Å². The third-order valence-corrected chi connectivity index (χ3v) is 4.00. The maximum absolute atomic E-state index is 12.6. The molecule has 1 atom stereocenters. The zero-order chi connectivity index (χ0) is 14.6. The molecule has 0 spiro atoms. The summed E-state index contributed by atoms with van der Waals surface area (Å²) in [5.41, 5.74) is 8.13. The second-order valence-electron chi connectivity index (χ2n) is 5.02. The fraction of sp³-hybridized carbons (Fsp3) is 0.533. The summed E-state index contributed by atoms with van der Waals surface area (Å²) in [5.74, 6) is 0.571. The van der Waals surface area contributed by atoms with Gasteiger partial charge in [-0.2, -0.15) is 0 Å². The molecular weight excluding hydrogens is 304 g/mol. The van der Waals surface area contributed by atoms with Gasteiger partial charge < -0.3 is 10.6 Å². The Bertz CT molecular complexity index is 460. The number of nitrogen functional groups attached to an aromatic ring is 1. The molecule has 0 aliphatic carbocycles. The first-order chi connectivity index (χ1) is 8.90. The Balaban J connectivity index is 3.04.